The highest BCUT2D eigenvalue weighted by atomic mass is 16.8. The Kier molecular flexibility index (Phi) is 1.76. The van der Waals surface area contributed by atoms with Gasteiger partial charge in [0.25, 0.3) is 0 Å². The summed E-state index contributed by atoms with van der Waals surface area (Å²) in [6.45, 7) is 0.778. The lowest BCUT2D eigenvalue weighted by atomic mass is 10.1. The van der Waals surface area contributed by atoms with Gasteiger partial charge in [0.05, 0.1) is 0 Å². The number of likely N-dealkylation sites (tertiary alicyclic amines) is 1. The van der Waals surface area contributed by atoms with Crippen molar-refractivity contribution in [3.63, 3.8) is 0 Å². The molecule has 0 atom stereocenters. The zero-order chi connectivity index (χ0) is 9.47. The van der Waals surface area contributed by atoms with Gasteiger partial charge in [-0.25, -0.2) is 14.5 Å². The van der Waals surface area contributed by atoms with Crippen molar-refractivity contribution in [2.75, 3.05) is 13.6 Å². The molecule has 0 aromatic heterocycles. The lowest BCUT2D eigenvalue weighted by Gasteiger charge is -2.37. The lowest BCUT2D eigenvalue weighted by Crippen LogP contribution is -2.50. The molecule has 72 valence electrons. The fraction of sp³-hybridized carbons (Fsp3) is 0.750. The Hall–Kier alpha value is -1.10. The number of hydrogen-bond donors (Lipinski definition) is 0. The smallest absolute Gasteiger partial charge is 0.400 e. The molecule has 5 heteroatoms. The minimum Gasteiger partial charge on any atom is -0.400 e. The van der Waals surface area contributed by atoms with Crippen molar-refractivity contribution in [3.05, 3.63) is 0 Å². The number of rotatable bonds is 0. The standard InChI is InChI=1S/C8H11NO4/c1-9-5-3-2-4-8(9)12-6(10)7(11)13-8/h2-5H2,1H3. The van der Waals surface area contributed by atoms with Crippen molar-refractivity contribution in [2.24, 2.45) is 0 Å². The molecule has 0 aromatic carbocycles. The van der Waals surface area contributed by atoms with Crippen LogP contribution in [0.1, 0.15) is 19.3 Å². The van der Waals surface area contributed by atoms with Gasteiger partial charge in [0.2, 0.25) is 0 Å². The average molecular weight is 185 g/mol. The first-order chi connectivity index (χ1) is 6.14. The van der Waals surface area contributed by atoms with Gasteiger partial charge < -0.3 is 9.47 Å². The molecule has 2 fully saturated rings. The van der Waals surface area contributed by atoms with Gasteiger partial charge in [-0.1, -0.05) is 0 Å². The van der Waals surface area contributed by atoms with E-state index in [1.54, 1.807) is 11.9 Å². The third kappa shape index (κ3) is 1.19. The highest BCUT2D eigenvalue weighted by Gasteiger charge is 2.52. The summed E-state index contributed by atoms with van der Waals surface area (Å²) in [7, 11) is 1.78. The van der Waals surface area contributed by atoms with Crippen LogP contribution in [-0.2, 0) is 19.1 Å². The SMILES string of the molecule is CN1CCCCC12OC(=O)C(=O)O2. The summed E-state index contributed by atoms with van der Waals surface area (Å²) >= 11 is 0. The van der Waals surface area contributed by atoms with E-state index in [-0.39, 0.29) is 0 Å². The number of hydrogen-bond acceptors (Lipinski definition) is 5. The van der Waals surface area contributed by atoms with Gasteiger partial charge in [-0.3, -0.25) is 0 Å². The molecule has 5 nitrogen and oxygen atoms in total. The van der Waals surface area contributed by atoms with Crippen LogP contribution in [0.3, 0.4) is 0 Å². The van der Waals surface area contributed by atoms with Crippen molar-refractivity contribution in [1.82, 2.24) is 4.90 Å². The Morgan fingerprint density at radius 2 is 1.85 bits per heavy atom. The molecular weight excluding hydrogens is 174 g/mol. The summed E-state index contributed by atoms with van der Waals surface area (Å²) in [5, 5.41) is 0. The van der Waals surface area contributed by atoms with E-state index in [0.29, 0.717) is 6.42 Å². The van der Waals surface area contributed by atoms with Crippen molar-refractivity contribution >= 4 is 11.9 Å². The molecule has 2 aliphatic rings. The highest BCUT2D eigenvalue weighted by molar-refractivity contribution is 6.31. The molecule has 2 saturated heterocycles. The predicted molar refractivity (Wildman–Crippen MR) is 41.4 cm³/mol. The third-order valence-corrected chi connectivity index (χ3v) is 2.49. The number of piperidine rings is 1. The second kappa shape index (κ2) is 2.70. The van der Waals surface area contributed by atoms with Gasteiger partial charge in [0, 0.05) is 13.0 Å². The molecule has 2 rings (SSSR count). The predicted octanol–water partition coefficient (Wildman–Crippen LogP) is -0.144. The minimum absolute atomic E-state index is 0.570. The number of esters is 2. The summed E-state index contributed by atoms with van der Waals surface area (Å²) in [6, 6.07) is 0. The molecule has 0 radical (unpaired) electrons. The van der Waals surface area contributed by atoms with Gasteiger partial charge in [-0.15, -0.1) is 0 Å². The molecular formula is C8H11NO4. The second-order valence-electron chi connectivity index (χ2n) is 3.37. The summed E-state index contributed by atoms with van der Waals surface area (Å²) in [4.78, 5) is 23.5. The van der Waals surface area contributed by atoms with E-state index in [1.165, 1.54) is 0 Å². The van der Waals surface area contributed by atoms with Crippen molar-refractivity contribution < 1.29 is 19.1 Å². The van der Waals surface area contributed by atoms with E-state index in [9.17, 15) is 9.59 Å². The average Bonchev–Trinajstić information content (AvgIpc) is 2.36. The van der Waals surface area contributed by atoms with Crippen LogP contribution in [0, 0.1) is 0 Å². The van der Waals surface area contributed by atoms with Crippen LogP contribution in [0.25, 0.3) is 0 Å². The number of carbonyl (C=O) groups excluding carboxylic acids is 2. The minimum atomic E-state index is -1.09. The van der Waals surface area contributed by atoms with Crippen LogP contribution >= 0.6 is 0 Å². The maximum Gasteiger partial charge on any atom is 0.421 e. The van der Waals surface area contributed by atoms with E-state index in [0.717, 1.165) is 19.4 Å². The summed E-state index contributed by atoms with van der Waals surface area (Å²) < 4.78 is 9.86. The zero-order valence-corrected chi connectivity index (χ0v) is 7.41. The lowest BCUT2D eigenvalue weighted by molar-refractivity contribution is -0.256. The highest BCUT2D eigenvalue weighted by Crippen LogP contribution is 2.33. The number of ether oxygens (including phenoxy) is 2. The Balaban J connectivity index is 2.20. The van der Waals surface area contributed by atoms with E-state index < -0.39 is 17.8 Å². The van der Waals surface area contributed by atoms with Crippen molar-refractivity contribution in [2.45, 2.75) is 25.2 Å². The molecule has 0 bridgehead atoms. The van der Waals surface area contributed by atoms with Gasteiger partial charge >= 0.3 is 17.8 Å². The maximum absolute atomic E-state index is 10.9. The van der Waals surface area contributed by atoms with E-state index in [2.05, 4.69) is 0 Å². The quantitative estimate of drug-likeness (QED) is 0.388. The molecule has 0 saturated carbocycles. The monoisotopic (exact) mass is 185 g/mol. The van der Waals surface area contributed by atoms with Crippen molar-refractivity contribution in [1.29, 1.82) is 0 Å². The largest absolute Gasteiger partial charge is 0.421 e. The molecule has 13 heavy (non-hydrogen) atoms. The first kappa shape index (κ1) is 8.50. The zero-order valence-electron chi connectivity index (χ0n) is 7.41. The van der Waals surface area contributed by atoms with Gasteiger partial charge in [-0.05, 0) is 19.9 Å². The van der Waals surface area contributed by atoms with Crippen LogP contribution in [-0.4, -0.2) is 36.3 Å². The first-order valence-corrected chi connectivity index (χ1v) is 4.32. The first-order valence-electron chi connectivity index (χ1n) is 4.32. The normalized spacial score (nSPS) is 27.5. The number of nitrogens with zero attached hydrogens (tertiary/aromatic N) is 1. The van der Waals surface area contributed by atoms with Crippen LogP contribution in [0.5, 0.6) is 0 Å². The Morgan fingerprint density at radius 1 is 1.23 bits per heavy atom. The van der Waals surface area contributed by atoms with Crippen LogP contribution in [0.15, 0.2) is 0 Å². The van der Waals surface area contributed by atoms with Crippen molar-refractivity contribution in [3.8, 4) is 0 Å². The Morgan fingerprint density at radius 3 is 2.38 bits per heavy atom. The molecule has 2 heterocycles. The number of carbonyl (C=O) groups is 2. The van der Waals surface area contributed by atoms with E-state index in [4.69, 9.17) is 9.47 Å². The van der Waals surface area contributed by atoms with Gasteiger partial charge in [0.1, 0.15) is 0 Å². The Bertz CT molecular complexity index is 247. The Labute approximate surface area is 75.6 Å². The molecule has 0 aliphatic carbocycles. The third-order valence-electron chi connectivity index (χ3n) is 2.49. The maximum atomic E-state index is 10.9. The van der Waals surface area contributed by atoms with Crippen LogP contribution in [0.2, 0.25) is 0 Å². The molecule has 0 unspecified atom stereocenters. The molecule has 2 aliphatic heterocycles. The second-order valence-corrected chi connectivity index (χ2v) is 3.37. The van der Waals surface area contributed by atoms with Gasteiger partial charge in [0.15, 0.2) is 0 Å². The summed E-state index contributed by atoms with van der Waals surface area (Å²) in [6.07, 6.45) is 2.51. The fourth-order valence-electron chi connectivity index (χ4n) is 1.71. The van der Waals surface area contributed by atoms with E-state index in [1.807, 2.05) is 0 Å². The van der Waals surface area contributed by atoms with Crippen LogP contribution < -0.4 is 0 Å². The summed E-state index contributed by atoms with van der Waals surface area (Å²) in [5.74, 6) is -2.85. The fourth-order valence-corrected chi connectivity index (χ4v) is 1.71. The molecule has 1 spiro atoms. The molecule has 0 N–H and O–H groups in total. The molecule has 0 amide bonds. The summed E-state index contributed by atoms with van der Waals surface area (Å²) in [5.41, 5.74) is 0. The van der Waals surface area contributed by atoms with E-state index >= 15 is 0 Å². The molecule has 0 aromatic rings. The van der Waals surface area contributed by atoms with Crippen LogP contribution in [0.4, 0.5) is 0 Å². The van der Waals surface area contributed by atoms with Gasteiger partial charge in [-0.2, -0.15) is 0 Å². The topological polar surface area (TPSA) is 55.8 Å².